The first-order valence-electron chi connectivity index (χ1n) is 10.9. The number of carbonyl (C=O) groups is 3. The SMILES string of the molecule is CC(=O)Nc1c(I)c(C(=O)NCC2COC(C)(C)O2)c(I)c(C(=O)NCC2COC(C)(C)O2)c1I. The van der Waals surface area contributed by atoms with Gasteiger partial charge < -0.3 is 34.9 Å². The summed E-state index contributed by atoms with van der Waals surface area (Å²) in [5, 5.41) is 8.52. The van der Waals surface area contributed by atoms with Crippen molar-refractivity contribution in [3.8, 4) is 0 Å². The van der Waals surface area contributed by atoms with E-state index in [4.69, 9.17) is 18.9 Å². The number of anilines is 1. The second kappa shape index (κ2) is 11.6. The van der Waals surface area contributed by atoms with Gasteiger partial charge in [-0.25, -0.2) is 0 Å². The Morgan fingerprint density at radius 3 is 1.51 bits per heavy atom. The summed E-state index contributed by atoms with van der Waals surface area (Å²) in [5.41, 5.74) is 1.03. The maximum atomic E-state index is 13.3. The standard InChI is InChI=1S/C22H28I3N3O7/c1-10(29)28-18-16(24)13(19(30)26-6-11-8-32-21(2,3)34-11)15(23)14(17(18)25)20(31)27-7-12-9-33-22(4,5)35-12/h11-12H,6-9H2,1-5H3,(H,26,30)(H,27,31)(H,28,29). The maximum Gasteiger partial charge on any atom is 0.253 e. The van der Waals surface area contributed by atoms with Gasteiger partial charge in [-0.2, -0.15) is 0 Å². The summed E-state index contributed by atoms with van der Waals surface area (Å²) in [5.74, 6) is -2.46. The topological polar surface area (TPSA) is 124 Å². The lowest BCUT2D eigenvalue weighted by atomic mass is 10.1. The van der Waals surface area contributed by atoms with E-state index in [2.05, 4.69) is 16.0 Å². The Kier molecular flexibility index (Phi) is 9.68. The van der Waals surface area contributed by atoms with Crippen molar-refractivity contribution in [2.24, 2.45) is 0 Å². The van der Waals surface area contributed by atoms with Crippen LogP contribution in [0.25, 0.3) is 0 Å². The minimum atomic E-state index is -0.700. The van der Waals surface area contributed by atoms with E-state index < -0.39 is 11.6 Å². The van der Waals surface area contributed by atoms with Crippen molar-refractivity contribution in [1.82, 2.24) is 10.6 Å². The number of nitrogens with one attached hydrogen (secondary N) is 3. The van der Waals surface area contributed by atoms with Gasteiger partial charge in [0, 0.05) is 23.6 Å². The molecule has 2 unspecified atom stereocenters. The third-order valence-corrected chi connectivity index (χ3v) is 8.42. The number of halogens is 3. The number of amides is 3. The molecule has 2 atom stereocenters. The van der Waals surface area contributed by atoms with E-state index >= 15 is 0 Å². The summed E-state index contributed by atoms with van der Waals surface area (Å²) in [7, 11) is 0. The van der Waals surface area contributed by atoms with Crippen molar-refractivity contribution in [3.05, 3.63) is 21.8 Å². The van der Waals surface area contributed by atoms with Crippen LogP contribution in [-0.4, -0.2) is 67.8 Å². The summed E-state index contributed by atoms with van der Waals surface area (Å²) >= 11 is 6.05. The van der Waals surface area contributed by atoms with E-state index in [0.29, 0.717) is 40.7 Å². The first-order valence-corrected chi connectivity index (χ1v) is 14.1. The van der Waals surface area contributed by atoms with Gasteiger partial charge in [-0.1, -0.05) is 0 Å². The van der Waals surface area contributed by atoms with Gasteiger partial charge in [-0.15, -0.1) is 0 Å². The summed E-state index contributed by atoms with van der Waals surface area (Å²) < 4.78 is 24.2. The molecule has 0 aliphatic carbocycles. The smallest absolute Gasteiger partial charge is 0.253 e. The van der Waals surface area contributed by atoms with Crippen LogP contribution >= 0.6 is 67.8 Å². The molecule has 3 N–H and O–H groups in total. The summed E-state index contributed by atoms with van der Waals surface area (Å²) in [6.07, 6.45) is -0.577. The minimum Gasteiger partial charge on any atom is -0.349 e. The Balaban J connectivity index is 1.85. The molecule has 10 nitrogen and oxygen atoms in total. The quantitative estimate of drug-likeness (QED) is 0.361. The fourth-order valence-corrected chi connectivity index (χ4v) is 8.08. The molecule has 1 aromatic carbocycles. The van der Waals surface area contributed by atoms with E-state index in [1.54, 1.807) is 0 Å². The number of hydrogen-bond acceptors (Lipinski definition) is 7. The van der Waals surface area contributed by atoms with Crippen LogP contribution in [0.15, 0.2) is 0 Å². The lowest BCUT2D eigenvalue weighted by Crippen LogP contribution is -2.37. The van der Waals surface area contributed by atoms with Crippen molar-refractivity contribution in [1.29, 1.82) is 0 Å². The van der Waals surface area contributed by atoms with Crippen LogP contribution < -0.4 is 16.0 Å². The molecule has 2 fully saturated rings. The first-order chi connectivity index (χ1) is 16.2. The molecule has 3 amide bonds. The molecule has 194 valence electrons. The molecule has 35 heavy (non-hydrogen) atoms. The van der Waals surface area contributed by atoms with Crippen molar-refractivity contribution in [2.75, 3.05) is 31.6 Å². The molecule has 2 saturated heterocycles. The molecule has 2 aliphatic heterocycles. The number of carbonyl (C=O) groups excluding carboxylic acids is 3. The Labute approximate surface area is 245 Å². The highest BCUT2D eigenvalue weighted by molar-refractivity contribution is 14.1. The van der Waals surface area contributed by atoms with Crippen molar-refractivity contribution in [2.45, 2.75) is 58.4 Å². The third kappa shape index (κ3) is 7.37. The first kappa shape index (κ1) is 29.2. The molecule has 0 saturated carbocycles. The van der Waals surface area contributed by atoms with Crippen molar-refractivity contribution >= 4 is 91.2 Å². The van der Waals surface area contributed by atoms with E-state index in [-0.39, 0.29) is 43.0 Å². The molecule has 2 heterocycles. The fraction of sp³-hybridized carbons (Fsp3) is 0.591. The summed E-state index contributed by atoms with van der Waals surface area (Å²) in [4.78, 5) is 38.4. The number of hydrogen-bond donors (Lipinski definition) is 3. The average Bonchev–Trinajstić information content (AvgIpc) is 3.28. The average molecular weight is 827 g/mol. The number of ether oxygens (including phenoxy) is 4. The minimum absolute atomic E-state index is 0.242. The van der Waals surface area contributed by atoms with Gasteiger partial charge in [0.05, 0.1) is 37.2 Å². The maximum absolute atomic E-state index is 13.3. The van der Waals surface area contributed by atoms with Gasteiger partial charge in [0.2, 0.25) is 5.91 Å². The van der Waals surface area contributed by atoms with Crippen LogP contribution in [0, 0.1) is 10.7 Å². The molecule has 0 aromatic heterocycles. The number of benzene rings is 1. The van der Waals surface area contributed by atoms with Crippen molar-refractivity contribution in [3.63, 3.8) is 0 Å². The van der Waals surface area contributed by atoms with Crippen LogP contribution in [0.3, 0.4) is 0 Å². The monoisotopic (exact) mass is 827 g/mol. The third-order valence-electron chi connectivity index (χ3n) is 5.19. The Bertz CT molecular complexity index is 963. The largest absolute Gasteiger partial charge is 0.349 e. The van der Waals surface area contributed by atoms with E-state index in [9.17, 15) is 14.4 Å². The molecular weight excluding hydrogens is 799 g/mol. The molecule has 1 aromatic rings. The second-order valence-electron chi connectivity index (χ2n) is 9.07. The molecular formula is C22H28I3N3O7. The molecule has 3 rings (SSSR count). The second-order valence-corrected chi connectivity index (χ2v) is 12.3. The molecule has 0 spiro atoms. The zero-order chi connectivity index (χ0) is 26.1. The summed E-state index contributed by atoms with van der Waals surface area (Å²) in [6.45, 7) is 9.84. The number of rotatable bonds is 7. The molecule has 13 heteroatoms. The van der Waals surface area contributed by atoms with Crippen LogP contribution in [0.2, 0.25) is 0 Å². The van der Waals surface area contributed by atoms with Gasteiger partial charge in [-0.3, -0.25) is 14.4 Å². The Hall–Kier alpha value is -0.340. The predicted molar refractivity (Wildman–Crippen MR) is 153 cm³/mol. The highest BCUT2D eigenvalue weighted by atomic mass is 127. The van der Waals surface area contributed by atoms with Gasteiger partial charge in [0.15, 0.2) is 11.6 Å². The van der Waals surface area contributed by atoms with Gasteiger partial charge in [0.25, 0.3) is 11.8 Å². The Morgan fingerprint density at radius 1 is 0.800 bits per heavy atom. The van der Waals surface area contributed by atoms with Crippen LogP contribution in [0.5, 0.6) is 0 Å². The lowest BCUT2D eigenvalue weighted by molar-refractivity contribution is -0.138. The molecule has 2 aliphatic rings. The van der Waals surface area contributed by atoms with Crippen LogP contribution in [0.1, 0.15) is 55.3 Å². The highest BCUT2D eigenvalue weighted by Gasteiger charge is 2.35. The predicted octanol–water partition coefficient (Wildman–Crippen LogP) is 3.22. The van der Waals surface area contributed by atoms with Crippen LogP contribution in [0.4, 0.5) is 5.69 Å². The lowest BCUT2D eigenvalue weighted by Gasteiger charge is -2.21. The van der Waals surface area contributed by atoms with E-state index in [0.717, 1.165) is 0 Å². The van der Waals surface area contributed by atoms with Crippen LogP contribution in [-0.2, 0) is 23.7 Å². The fourth-order valence-electron chi connectivity index (χ4n) is 3.67. The highest BCUT2D eigenvalue weighted by Crippen LogP contribution is 2.36. The summed E-state index contributed by atoms with van der Waals surface area (Å²) in [6, 6.07) is 0. The van der Waals surface area contributed by atoms with Gasteiger partial charge in [-0.05, 0) is 95.5 Å². The molecule has 0 radical (unpaired) electrons. The zero-order valence-corrected chi connectivity index (χ0v) is 26.4. The van der Waals surface area contributed by atoms with Gasteiger partial charge >= 0.3 is 0 Å². The van der Waals surface area contributed by atoms with Crippen molar-refractivity contribution < 1.29 is 33.3 Å². The zero-order valence-electron chi connectivity index (χ0n) is 20.0. The molecule has 0 bridgehead atoms. The Morgan fingerprint density at radius 2 is 1.20 bits per heavy atom. The van der Waals surface area contributed by atoms with Gasteiger partial charge in [0.1, 0.15) is 12.2 Å². The van der Waals surface area contributed by atoms with E-state index in [1.807, 2.05) is 95.5 Å². The normalized spacial score (nSPS) is 22.6. The van der Waals surface area contributed by atoms with E-state index in [1.165, 1.54) is 6.92 Å².